The highest BCUT2D eigenvalue weighted by atomic mass is 16.5. The molecule has 0 spiro atoms. The molecule has 0 fully saturated rings. The predicted molar refractivity (Wildman–Crippen MR) is 114 cm³/mol. The molecule has 152 valence electrons. The molecule has 0 atom stereocenters. The summed E-state index contributed by atoms with van der Waals surface area (Å²) < 4.78 is 7.03. The molecule has 1 heterocycles. The molecule has 1 N–H and O–H groups in total. The Bertz CT molecular complexity index is 1030. The lowest BCUT2D eigenvalue weighted by atomic mass is 10.2. The number of amides is 1. The highest BCUT2D eigenvalue weighted by molar-refractivity contribution is 5.92. The Morgan fingerprint density at radius 2 is 1.83 bits per heavy atom. The Kier molecular flexibility index (Phi) is 6.97. The van der Waals surface area contributed by atoms with Gasteiger partial charge in [-0.25, -0.2) is 4.68 Å². The number of rotatable bonds is 9. The van der Waals surface area contributed by atoms with E-state index < -0.39 is 0 Å². The van der Waals surface area contributed by atoms with Gasteiger partial charge in [0, 0.05) is 11.9 Å². The Morgan fingerprint density at radius 3 is 2.62 bits per heavy atom. The number of nitrogens with one attached hydrogen (secondary N) is 1. The van der Waals surface area contributed by atoms with Crippen LogP contribution in [0.15, 0.2) is 59.5 Å². The minimum Gasteiger partial charge on any atom is -0.490 e. The van der Waals surface area contributed by atoms with Crippen LogP contribution in [-0.4, -0.2) is 46.8 Å². The van der Waals surface area contributed by atoms with Gasteiger partial charge in [-0.2, -0.15) is 5.10 Å². The maximum absolute atomic E-state index is 12.5. The zero-order valence-corrected chi connectivity index (χ0v) is 16.8. The average Bonchev–Trinajstić information content (AvgIpc) is 2.74. The molecule has 0 aliphatic heterocycles. The number of benzene rings is 2. The van der Waals surface area contributed by atoms with Gasteiger partial charge in [0.15, 0.2) is 0 Å². The van der Waals surface area contributed by atoms with Crippen LogP contribution in [0.1, 0.15) is 13.8 Å². The van der Waals surface area contributed by atoms with Crippen LogP contribution in [0.2, 0.25) is 0 Å². The number of fused-ring (bicyclic) bond motifs is 1. The van der Waals surface area contributed by atoms with Crippen LogP contribution < -0.4 is 15.6 Å². The summed E-state index contributed by atoms with van der Waals surface area (Å²) in [5.74, 6) is 0.265. The van der Waals surface area contributed by atoms with Crippen LogP contribution in [0.5, 0.6) is 5.75 Å². The second-order valence-electron chi connectivity index (χ2n) is 6.61. The third-order valence-corrected chi connectivity index (χ3v) is 4.78. The van der Waals surface area contributed by atoms with Crippen LogP contribution in [0, 0.1) is 0 Å². The zero-order chi connectivity index (χ0) is 20.6. The summed E-state index contributed by atoms with van der Waals surface area (Å²) >= 11 is 0. The highest BCUT2D eigenvalue weighted by Crippen LogP contribution is 2.23. The smallest absolute Gasteiger partial charge is 0.275 e. The summed E-state index contributed by atoms with van der Waals surface area (Å²) in [6.45, 7) is 7.32. The van der Waals surface area contributed by atoms with Gasteiger partial charge < -0.3 is 15.0 Å². The van der Waals surface area contributed by atoms with Gasteiger partial charge in [0.2, 0.25) is 5.91 Å². The molecule has 1 aromatic heterocycles. The van der Waals surface area contributed by atoms with Crippen molar-refractivity contribution in [2.45, 2.75) is 20.4 Å². The zero-order valence-electron chi connectivity index (χ0n) is 16.8. The van der Waals surface area contributed by atoms with Crippen LogP contribution >= 0.6 is 0 Å². The standard InChI is InChI=1S/C22H26N4O3/c1-3-25(4-2)13-14-29-20-12-8-7-11-19(20)24-21(27)16-26-22(28)18-10-6-5-9-17(18)15-23-26/h5-12,15H,3-4,13-14,16H2,1-2H3,(H,24,27). The number of para-hydroxylation sites is 2. The van der Waals surface area contributed by atoms with Crippen molar-refractivity contribution >= 4 is 22.4 Å². The van der Waals surface area contributed by atoms with Crippen molar-refractivity contribution in [3.05, 3.63) is 65.1 Å². The predicted octanol–water partition coefficient (Wildman–Crippen LogP) is 2.76. The van der Waals surface area contributed by atoms with Crippen molar-refractivity contribution < 1.29 is 9.53 Å². The summed E-state index contributed by atoms with van der Waals surface area (Å²) in [4.78, 5) is 27.3. The van der Waals surface area contributed by atoms with Crippen LogP contribution in [0.3, 0.4) is 0 Å². The molecule has 0 bridgehead atoms. The molecule has 29 heavy (non-hydrogen) atoms. The second kappa shape index (κ2) is 9.84. The summed E-state index contributed by atoms with van der Waals surface area (Å²) in [6, 6.07) is 14.5. The molecule has 0 aliphatic carbocycles. The van der Waals surface area contributed by atoms with Gasteiger partial charge in [0.1, 0.15) is 18.9 Å². The fourth-order valence-electron chi connectivity index (χ4n) is 3.09. The van der Waals surface area contributed by atoms with Gasteiger partial charge in [-0.05, 0) is 31.3 Å². The number of ether oxygens (including phenoxy) is 1. The molecule has 0 aliphatic rings. The molecule has 1 amide bonds. The number of aromatic nitrogens is 2. The van der Waals surface area contributed by atoms with E-state index in [-0.39, 0.29) is 18.0 Å². The first-order chi connectivity index (χ1) is 14.1. The monoisotopic (exact) mass is 394 g/mol. The maximum Gasteiger partial charge on any atom is 0.275 e. The van der Waals surface area contributed by atoms with Crippen molar-refractivity contribution in [3.63, 3.8) is 0 Å². The van der Waals surface area contributed by atoms with Crippen molar-refractivity contribution in [2.24, 2.45) is 0 Å². The van der Waals surface area contributed by atoms with E-state index in [0.29, 0.717) is 23.4 Å². The minimum atomic E-state index is -0.338. The Hall–Kier alpha value is -3.19. The Balaban J connectivity index is 1.67. The van der Waals surface area contributed by atoms with Crippen LogP contribution in [-0.2, 0) is 11.3 Å². The number of carbonyl (C=O) groups excluding carboxylic acids is 1. The third kappa shape index (κ3) is 5.20. The average molecular weight is 394 g/mol. The first-order valence-electron chi connectivity index (χ1n) is 9.81. The maximum atomic E-state index is 12.5. The quantitative estimate of drug-likeness (QED) is 0.604. The number of hydrogen-bond acceptors (Lipinski definition) is 5. The summed E-state index contributed by atoms with van der Waals surface area (Å²) in [5.41, 5.74) is 0.285. The first kappa shape index (κ1) is 20.5. The molecule has 0 unspecified atom stereocenters. The molecule has 3 rings (SSSR count). The summed E-state index contributed by atoms with van der Waals surface area (Å²) in [6.07, 6.45) is 1.59. The normalized spacial score (nSPS) is 11.0. The lowest BCUT2D eigenvalue weighted by molar-refractivity contribution is -0.117. The van der Waals surface area contributed by atoms with Crippen LogP contribution in [0.25, 0.3) is 10.8 Å². The van der Waals surface area contributed by atoms with Crippen LogP contribution in [0.4, 0.5) is 5.69 Å². The first-order valence-corrected chi connectivity index (χ1v) is 9.81. The fourth-order valence-corrected chi connectivity index (χ4v) is 3.09. The van der Waals surface area contributed by atoms with E-state index >= 15 is 0 Å². The molecule has 2 aromatic carbocycles. The number of hydrogen-bond donors (Lipinski definition) is 1. The fraction of sp³-hybridized carbons (Fsp3) is 0.318. The van der Waals surface area contributed by atoms with Crippen molar-refractivity contribution in [3.8, 4) is 5.75 Å². The number of anilines is 1. The number of nitrogens with zero attached hydrogens (tertiary/aromatic N) is 3. The molecular formula is C22H26N4O3. The molecular weight excluding hydrogens is 368 g/mol. The molecule has 3 aromatic rings. The van der Waals surface area contributed by atoms with Gasteiger partial charge >= 0.3 is 0 Å². The minimum absolute atomic E-state index is 0.169. The molecule has 7 heteroatoms. The summed E-state index contributed by atoms with van der Waals surface area (Å²) in [7, 11) is 0. The lowest BCUT2D eigenvalue weighted by Gasteiger charge is -2.19. The third-order valence-electron chi connectivity index (χ3n) is 4.78. The van der Waals surface area contributed by atoms with Gasteiger partial charge in [-0.3, -0.25) is 9.59 Å². The van der Waals surface area contributed by atoms with Gasteiger partial charge in [0.05, 0.1) is 17.3 Å². The van der Waals surface area contributed by atoms with Gasteiger partial charge in [0.25, 0.3) is 5.56 Å². The van der Waals surface area contributed by atoms with E-state index in [1.54, 1.807) is 24.4 Å². The SMILES string of the molecule is CCN(CC)CCOc1ccccc1NC(=O)Cn1ncc2ccccc2c1=O. The van der Waals surface area contributed by atoms with Crippen molar-refractivity contribution in [1.29, 1.82) is 0 Å². The number of carbonyl (C=O) groups is 1. The van der Waals surface area contributed by atoms with Crippen molar-refractivity contribution in [1.82, 2.24) is 14.7 Å². The molecule has 0 radical (unpaired) electrons. The number of likely N-dealkylation sites (N-methyl/N-ethyl adjacent to an activating group) is 1. The van der Waals surface area contributed by atoms with Gasteiger partial charge in [-0.15, -0.1) is 0 Å². The second-order valence-corrected chi connectivity index (χ2v) is 6.61. The molecule has 0 saturated heterocycles. The van der Waals surface area contributed by atoms with E-state index in [0.717, 1.165) is 25.0 Å². The van der Waals surface area contributed by atoms with Gasteiger partial charge in [-0.1, -0.05) is 44.2 Å². The Morgan fingerprint density at radius 1 is 1.10 bits per heavy atom. The lowest BCUT2D eigenvalue weighted by Crippen LogP contribution is -2.30. The molecule has 7 nitrogen and oxygen atoms in total. The Labute approximate surface area is 169 Å². The van der Waals surface area contributed by atoms with E-state index in [1.807, 2.05) is 30.3 Å². The molecule has 0 saturated carbocycles. The van der Waals surface area contributed by atoms with E-state index in [2.05, 4.69) is 29.2 Å². The largest absolute Gasteiger partial charge is 0.490 e. The van der Waals surface area contributed by atoms with E-state index in [4.69, 9.17) is 4.74 Å². The van der Waals surface area contributed by atoms with E-state index in [1.165, 1.54) is 4.68 Å². The van der Waals surface area contributed by atoms with Crippen molar-refractivity contribution in [2.75, 3.05) is 31.6 Å². The topological polar surface area (TPSA) is 76.5 Å². The summed E-state index contributed by atoms with van der Waals surface area (Å²) in [5, 5.41) is 8.22. The van der Waals surface area contributed by atoms with E-state index in [9.17, 15) is 9.59 Å². The highest BCUT2D eigenvalue weighted by Gasteiger charge is 2.11.